The van der Waals surface area contributed by atoms with Gasteiger partial charge in [-0.2, -0.15) is 13.2 Å². The molecular weight excluding hydrogens is 445 g/mol. The fourth-order valence-electron chi connectivity index (χ4n) is 3.58. The van der Waals surface area contributed by atoms with E-state index >= 15 is 0 Å². The minimum Gasteiger partial charge on any atom is -0.380 e. The summed E-state index contributed by atoms with van der Waals surface area (Å²) in [6.07, 6.45) is -2.34. The maximum atomic E-state index is 12.3. The largest absolute Gasteiger partial charge is 0.405 e. The van der Waals surface area contributed by atoms with Gasteiger partial charge in [0, 0.05) is 17.5 Å². The van der Waals surface area contributed by atoms with E-state index in [1.54, 1.807) is 5.38 Å². The molecule has 0 fully saturated rings. The first-order chi connectivity index (χ1) is 14.9. The lowest BCUT2D eigenvalue weighted by molar-refractivity contribution is -0.115. The zero-order valence-electron chi connectivity index (χ0n) is 16.7. The second-order valence-electron chi connectivity index (χ2n) is 7.37. The molecule has 4 nitrogen and oxygen atoms in total. The summed E-state index contributed by atoms with van der Waals surface area (Å²) in [6.45, 7) is 1.44. The Morgan fingerprint density at radius 2 is 1.81 bits per heavy atom. The average Bonchev–Trinajstić information content (AvgIpc) is 3.09. The first-order valence-electron chi connectivity index (χ1n) is 9.99. The average molecular weight is 467 g/mol. The van der Waals surface area contributed by atoms with Crippen LogP contribution in [0.15, 0.2) is 41.8 Å². The molecule has 1 aromatic heterocycles. The van der Waals surface area contributed by atoms with Gasteiger partial charge in [-0.15, -0.1) is 11.3 Å². The summed E-state index contributed by atoms with van der Waals surface area (Å²) in [5.74, 6) is 0. The number of alkyl halides is 3. The van der Waals surface area contributed by atoms with Crippen molar-refractivity contribution >= 4 is 33.8 Å². The van der Waals surface area contributed by atoms with Gasteiger partial charge in [0.15, 0.2) is 5.13 Å². The van der Waals surface area contributed by atoms with Gasteiger partial charge in [-0.25, -0.2) is 4.98 Å². The second-order valence-corrected chi connectivity index (χ2v) is 8.63. The Morgan fingerprint density at radius 3 is 2.58 bits per heavy atom. The van der Waals surface area contributed by atoms with Gasteiger partial charge >= 0.3 is 6.18 Å². The van der Waals surface area contributed by atoms with E-state index in [0.717, 1.165) is 59.1 Å². The monoisotopic (exact) mass is 466 g/mol. The molecule has 0 atom stereocenters. The SMILES string of the molecule is FC(F)(F)CNc1nc(-c2ccc(CNc3c(Cl)ccc4c3CCNCC4)cc2)cs1. The third-order valence-corrected chi connectivity index (χ3v) is 6.26. The maximum Gasteiger partial charge on any atom is 0.405 e. The number of rotatable bonds is 6. The van der Waals surface area contributed by atoms with E-state index in [1.165, 1.54) is 11.1 Å². The van der Waals surface area contributed by atoms with Gasteiger partial charge in [0.25, 0.3) is 0 Å². The highest BCUT2D eigenvalue weighted by atomic mass is 35.5. The smallest absolute Gasteiger partial charge is 0.380 e. The number of benzene rings is 2. The number of thiazole rings is 1. The van der Waals surface area contributed by atoms with Crippen molar-refractivity contribution in [2.24, 2.45) is 0 Å². The molecule has 1 aliphatic heterocycles. The number of anilines is 2. The van der Waals surface area contributed by atoms with Gasteiger partial charge in [-0.3, -0.25) is 0 Å². The zero-order valence-corrected chi connectivity index (χ0v) is 18.2. The number of hydrogen-bond donors (Lipinski definition) is 3. The molecule has 0 radical (unpaired) electrons. The molecule has 3 aromatic rings. The number of aromatic nitrogens is 1. The van der Waals surface area contributed by atoms with Crippen LogP contribution in [0, 0.1) is 0 Å². The van der Waals surface area contributed by atoms with Crippen molar-refractivity contribution in [2.45, 2.75) is 25.6 Å². The maximum absolute atomic E-state index is 12.3. The fourth-order valence-corrected chi connectivity index (χ4v) is 4.54. The molecule has 2 aromatic carbocycles. The highest BCUT2D eigenvalue weighted by molar-refractivity contribution is 7.14. The van der Waals surface area contributed by atoms with Crippen LogP contribution < -0.4 is 16.0 Å². The van der Waals surface area contributed by atoms with Crippen LogP contribution >= 0.6 is 22.9 Å². The molecule has 31 heavy (non-hydrogen) atoms. The van der Waals surface area contributed by atoms with Gasteiger partial charge in [0.1, 0.15) is 6.54 Å². The number of fused-ring (bicyclic) bond motifs is 1. The Labute approximate surface area is 187 Å². The Bertz CT molecular complexity index is 1030. The van der Waals surface area contributed by atoms with Gasteiger partial charge in [-0.05, 0) is 48.7 Å². The Morgan fingerprint density at radius 1 is 1.03 bits per heavy atom. The molecule has 3 N–H and O–H groups in total. The molecule has 2 heterocycles. The molecule has 0 aliphatic carbocycles. The van der Waals surface area contributed by atoms with Crippen molar-refractivity contribution in [1.82, 2.24) is 10.3 Å². The molecule has 0 spiro atoms. The number of halogens is 4. The second kappa shape index (κ2) is 9.46. The summed E-state index contributed by atoms with van der Waals surface area (Å²) in [5, 5.41) is 11.9. The van der Waals surface area contributed by atoms with Crippen molar-refractivity contribution in [3.8, 4) is 11.3 Å². The topological polar surface area (TPSA) is 49.0 Å². The molecule has 0 saturated carbocycles. The Kier molecular flexibility index (Phi) is 6.69. The van der Waals surface area contributed by atoms with Gasteiger partial charge in [0.05, 0.1) is 16.4 Å². The summed E-state index contributed by atoms with van der Waals surface area (Å²) in [7, 11) is 0. The summed E-state index contributed by atoms with van der Waals surface area (Å²) in [5.41, 5.74) is 6.18. The van der Waals surface area contributed by atoms with E-state index in [0.29, 0.717) is 12.2 Å². The normalized spacial score (nSPS) is 14.1. The van der Waals surface area contributed by atoms with E-state index in [-0.39, 0.29) is 5.13 Å². The van der Waals surface area contributed by atoms with Gasteiger partial charge in [0.2, 0.25) is 0 Å². The molecule has 0 amide bonds. The van der Waals surface area contributed by atoms with Crippen LogP contribution in [0.2, 0.25) is 5.02 Å². The highest BCUT2D eigenvalue weighted by Gasteiger charge is 2.27. The van der Waals surface area contributed by atoms with Crippen molar-refractivity contribution in [2.75, 3.05) is 30.3 Å². The molecule has 0 saturated heterocycles. The molecule has 4 rings (SSSR count). The van der Waals surface area contributed by atoms with Crippen LogP contribution in [0.4, 0.5) is 24.0 Å². The minimum absolute atomic E-state index is 0.256. The van der Waals surface area contributed by atoms with Crippen LogP contribution in [0.1, 0.15) is 16.7 Å². The Hall–Kier alpha value is -2.29. The van der Waals surface area contributed by atoms with Crippen LogP contribution in [0.3, 0.4) is 0 Å². The number of nitrogens with zero attached hydrogens (tertiary/aromatic N) is 1. The lowest BCUT2D eigenvalue weighted by Crippen LogP contribution is -2.21. The zero-order chi connectivity index (χ0) is 21.8. The van der Waals surface area contributed by atoms with E-state index in [9.17, 15) is 13.2 Å². The van der Waals surface area contributed by atoms with Crippen molar-refractivity contribution in [3.63, 3.8) is 0 Å². The van der Waals surface area contributed by atoms with Crippen LogP contribution in [-0.2, 0) is 19.4 Å². The lowest BCUT2D eigenvalue weighted by Gasteiger charge is -2.16. The van der Waals surface area contributed by atoms with Gasteiger partial charge < -0.3 is 16.0 Å². The van der Waals surface area contributed by atoms with Crippen LogP contribution in [-0.4, -0.2) is 30.8 Å². The minimum atomic E-state index is -4.27. The van der Waals surface area contributed by atoms with Crippen LogP contribution in [0.25, 0.3) is 11.3 Å². The third kappa shape index (κ3) is 5.70. The first kappa shape index (κ1) is 21.9. The molecule has 0 unspecified atom stereocenters. The van der Waals surface area contributed by atoms with E-state index < -0.39 is 12.7 Å². The summed E-state index contributed by atoms with van der Waals surface area (Å²) < 4.78 is 37.0. The molecule has 9 heteroatoms. The summed E-state index contributed by atoms with van der Waals surface area (Å²) >= 11 is 7.63. The van der Waals surface area contributed by atoms with Crippen molar-refractivity contribution < 1.29 is 13.2 Å². The highest BCUT2D eigenvalue weighted by Crippen LogP contribution is 2.31. The number of nitrogens with one attached hydrogen (secondary N) is 3. The predicted molar refractivity (Wildman–Crippen MR) is 121 cm³/mol. The third-order valence-electron chi connectivity index (χ3n) is 5.15. The van der Waals surface area contributed by atoms with Crippen LogP contribution in [0.5, 0.6) is 0 Å². The van der Waals surface area contributed by atoms with E-state index in [4.69, 9.17) is 11.6 Å². The van der Waals surface area contributed by atoms with E-state index in [2.05, 4.69) is 27.0 Å². The van der Waals surface area contributed by atoms with Gasteiger partial charge in [-0.1, -0.05) is 41.9 Å². The molecular formula is C22H22ClF3N4S. The quantitative estimate of drug-likeness (QED) is 0.433. The van der Waals surface area contributed by atoms with Crippen molar-refractivity contribution in [3.05, 3.63) is 63.5 Å². The molecule has 0 bridgehead atoms. The Balaban J connectivity index is 1.42. The lowest BCUT2D eigenvalue weighted by atomic mass is 10.0. The standard InChI is InChI=1S/C22H22ClF3N4S/c23-18-6-5-15-7-9-27-10-8-17(15)20(18)28-11-14-1-3-16(4-2-14)19-12-31-21(30-19)29-13-22(24,25)26/h1-6,12,27-28H,7-11,13H2,(H,29,30). The number of hydrogen-bond acceptors (Lipinski definition) is 5. The summed E-state index contributed by atoms with van der Waals surface area (Å²) in [6, 6.07) is 11.9. The first-order valence-corrected chi connectivity index (χ1v) is 11.2. The molecule has 164 valence electrons. The molecule has 1 aliphatic rings. The predicted octanol–water partition coefficient (Wildman–Crippen LogP) is 5.74. The van der Waals surface area contributed by atoms with Crippen molar-refractivity contribution in [1.29, 1.82) is 0 Å². The fraction of sp³-hybridized carbons (Fsp3) is 0.318. The van der Waals surface area contributed by atoms with E-state index in [1.807, 2.05) is 30.3 Å². The summed E-state index contributed by atoms with van der Waals surface area (Å²) in [4.78, 5) is 4.24.